The van der Waals surface area contributed by atoms with Crippen molar-refractivity contribution >= 4 is 34.4 Å². The average Bonchev–Trinajstić information content (AvgIpc) is 2.34. The first-order chi connectivity index (χ1) is 8.97. The lowest BCUT2D eigenvalue weighted by atomic mass is 10.2. The molecule has 0 atom stereocenters. The van der Waals surface area contributed by atoms with Crippen LogP contribution in [0.15, 0.2) is 36.4 Å². The summed E-state index contributed by atoms with van der Waals surface area (Å²) < 4.78 is 0. The van der Waals surface area contributed by atoms with Gasteiger partial charge < -0.3 is 11.1 Å². The lowest BCUT2D eigenvalue weighted by Crippen LogP contribution is -1.99. The number of anilines is 3. The third-order valence-electron chi connectivity index (χ3n) is 2.70. The van der Waals surface area contributed by atoms with Crippen molar-refractivity contribution < 1.29 is 4.92 Å². The number of nitro groups is 1. The van der Waals surface area contributed by atoms with Crippen molar-refractivity contribution in [2.24, 2.45) is 0 Å². The van der Waals surface area contributed by atoms with E-state index in [1.54, 1.807) is 12.1 Å². The number of benzene rings is 2. The van der Waals surface area contributed by atoms with Gasteiger partial charge >= 0.3 is 0 Å². The Bertz CT molecular complexity index is 644. The SMILES string of the molecule is Cc1cc(Cl)ccc1Nc1ccc([N+](=O)[O-])cc1N. The quantitative estimate of drug-likeness (QED) is 0.507. The molecule has 0 saturated carbocycles. The van der Waals surface area contributed by atoms with E-state index in [-0.39, 0.29) is 5.69 Å². The van der Waals surface area contributed by atoms with Crippen LogP contribution in [0.1, 0.15) is 5.56 Å². The van der Waals surface area contributed by atoms with E-state index in [9.17, 15) is 10.1 Å². The first-order valence-electron chi connectivity index (χ1n) is 5.54. The van der Waals surface area contributed by atoms with E-state index in [1.807, 2.05) is 19.1 Å². The van der Waals surface area contributed by atoms with Gasteiger partial charge in [0.1, 0.15) is 0 Å². The first-order valence-corrected chi connectivity index (χ1v) is 5.92. The second-order valence-corrected chi connectivity index (χ2v) is 4.55. The second kappa shape index (κ2) is 5.16. The number of hydrogen-bond acceptors (Lipinski definition) is 4. The molecule has 0 aliphatic carbocycles. The highest BCUT2D eigenvalue weighted by Crippen LogP contribution is 2.29. The molecule has 6 heteroatoms. The maximum atomic E-state index is 10.6. The fourth-order valence-electron chi connectivity index (χ4n) is 1.69. The summed E-state index contributed by atoms with van der Waals surface area (Å²) in [6.07, 6.45) is 0. The molecule has 0 aliphatic heterocycles. The van der Waals surface area contributed by atoms with Gasteiger partial charge in [-0.3, -0.25) is 10.1 Å². The summed E-state index contributed by atoms with van der Waals surface area (Å²) in [5.41, 5.74) is 8.52. The van der Waals surface area contributed by atoms with Crippen LogP contribution in [0.2, 0.25) is 5.02 Å². The minimum absolute atomic E-state index is 0.0316. The molecular formula is C13H12ClN3O2. The minimum Gasteiger partial charge on any atom is -0.397 e. The predicted octanol–water partition coefficient (Wildman–Crippen LogP) is 3.88. The monoisotopic (exact) mass is 277 g/mol. The Kier molecular flexibility index (Phi) is 3.57. The zero-order valence-electron chi connectivity index (χ0n) is 10.2. The molecule has 2 aromatic rings. The zero-order valence-corrected chi connectivity index (χ0v) is 10.9. The topological polar surface area (TPSA) is 81.2 Å². The summed E-state index contributed by atoms with van der Waals surface area (Å²) in [4.78, 5) is 10.2. The Morgan fingerprint density at radius 1 is 1.21 bits per heavy atom. The normalized spacial score (nSPS) is 10.2. The Hall–Kier alpha value is -2.27. The summed E-state index contributed by atoms with van der Waals surface area (Å²) in [5.74, 6) is 0. The average molecular weight is 278 g/mol. The molecule has 0 bridgehead atoms. The number of nitrogen functional groups attached to an aromatic ring is 1. The Labute approximate surface area is 115 Å². The van der Waals surface area contributed by atoms with Crippen LogP contribution < -0.4 is 11.1 Å². The number of nitrogens with two attached hydrogens (primary N) is 1. The van der Waals surface area contributed by atoms with E-state index in [2.05, 4.69) is 5.32 Å². The van der Waals surface area contributed by atoms with Gasteiger partial charge in [-0.15, -0.1) is 0 Å². The van der Waals surface area contributed by atoms with Gasteiger partial charge in [-0.25, -0.2) is 0 Å². The van der Waals surface area contributed by atoms with Crippen molar-refractivity contribution in [3.05, 3.63) is 57.1 Å². The van der Waals surface area contributed by atoms with Crippen molar-refractivity contribution in [1.82, 2.24) is 0 Å². The maximum Gasteiger partial charge on any atom is 0.271 e. The van der Waals surface area contributed by atoms with Gasteiger partial charge in [-0.05, 0) is 36.8 Å². The summed E-state index contributed by atoms with van der Waals surface area (Å²) in [5, 5.41) is 14.4. The van der Waals surface area contributed by atoms with Crippen LogP contribution in [0.25, 0.3) is 0 Å². The van der Waals surface area contributed by atoms with E-state index >= 15 is 0 Å². The van der Waals surface area contributed by atoms with Gasteiger partial charge in [0.2, 0.25) is 0 Å². The van der Waals surface area contributed by atoms with Crippen LogP contribution in [0.4, 0.5) is 22.7 Å². The molecule has 2 rings (SSSR count). The largest absolute Gasteiger partial charge is 0.397 e. The van der Waals surface area contributed by atoms with Gasteiger partial charge in [0.05, 0.1) is 16.3 Å². The highest BCUT2D eigenvalue weighted by molar-refractivity contribution is 6.30. The molecule has 3 N–H and O–H groups in total. The summed E-state index contributed by atoms with van der Waals surface area (Å²) in [6, 6.07) is 9.74. The van der Waals surface area contributed by atoms with E-state index in [1.165, 1.54) is 12.1 Å². The van der Waals surface area contributed by atoms with Crippen LogP contribution in [-0.2, 0) is 0 Å². The standard InChI is InChI=1S/C13H12ClN3O2/c1-8-6-9(14)2-4-12(8)16-13-5-3-10(17(18)19)7-11(13)15/h2-7,16H,15H2,1H3. The van der Waals surface area contributed by atoms with E-state index in [0.717, 1.165) is 11.3 Å². The fourth-order valence-corrected chi connectivity index (χ4v) is 1.92. The van der Waals surface area contributed by atoms with Crippen molar-refractivity contribution in [1.29, 1.82) is 0 Å². The third-order valence-corrected chi connectivity index (χ3v) is 2.94. The molecule has 0 unspecified atom stereocenters. The molecule has 0 aliphatic rings. The number of halogens is 1. The Balaban J connectivity index is 2.31. The van der Waals surface area contributed by atoms with Gasteiger partial charge in [0, 0.05) is 22.8 Å². The predicted molar refractivity (Wildman–Crippen MR) is 77.0 cm³/mol. The number of hydrogen-bond donors (Lipinski definition) is 2. The summed E-state index contributed by atoms with van der Waals surface area (Å²) in [7, 11) is 0. The molecule has 0 aromatic heterocycles. The Morgan fingerprint density at radius 2 is 1.89 bits per heavy atom. The van der Waals surface area contributed by atoms with Crippen molar-refractivity contribution in [2.45, 2.75) is 6.92 Å². The van der Waals surface area contributed by atoms with Crippen LogP contribution in [0.5, 0.6) is 0 Å². The maximum absolute atomic E-state index is 10.6. The minimum atomic E-state index is -0.478. The molecule has 0 heterocycles. The van der Waals surface area contributed by atoms with Crippen molar-refractivity contribution in [2.75, 3.05) is 11.1 Å². The molecular weight excluding hydrogens is 266 g/mol. The van der Waals surface area contributed by atoms with Crippen molar-refractivity contribution in [3.63, 3.8) is 0 Å². The summed E-state index contributed by atoms with van der Waals surface area (Å²) >= 11 is 5.88. The van der Waals surface area contributed by atoms with Crippen LogP contribution in [0, 0.1) is 17.0 Å². The number of nitrogens with zero attached hydrogens (tertiary/aromatic N) is 1. The molecule has 5 nitrogen and oxygen atoms in total. The number of nitrogens with one attached hydrogen (secondary N) is 1. The van der Waals surface area contributed by atoms with Gasteiger partial charge in [-0.1, -0.05) is 11.6 Å². The van der Waals surface area contributed by atoms with Crippen molar-refractivity contribution in [3.8, 4) is 0 Å². The molecule has 0 radical (unpaired) electrons. The smallest absolute Gasteiger partial charge is 0.271 e. The van der Waals surface area contributed by atoms with E-state index in [4.69, 9.17) is 17.3 Å². The molecule has 0 spiro atoms. The van der Waals surface area contributed by atoms with Gasteiger partial charge in [-0.2, -0.15) is 0 Å². The number of aryl methyl sites for hydroxylation is 1. The number of rotatable bonds is 3. The lowest BCUT2D eigenvalue weighted by molar-refractivity contribution is -0.384. The van der Waals surface area contributed by atoms with Gasteiger partial charge in [0.25, 0.3) is 5.69 Å². The fraction of sp³-hybridized carbons (Fsp3) is 0.0769. The highest BCUT2D eigenvalue weighted by Gasteiger charge is 2.09. The molecule has 98 valence electrons. The van der Waals surface area contributed by atoms with Crippen LogP contribution in [-0.4, -0.2) is 4.92 Å². The first kappa shape index (κ1) is 13.2. The molecule has 0 amide bonds. The van der Waals surface area contributed by atoms with Crippen LogP contribution >= 0.6 is 11.6 Å². The van der Waals surface area contributed by atoms with Crippen LogP contribution in [0.3, 0.4) is 0 Å². The Morgan fingerprint density at radius 3 is 2.47 bits per heavy atom. The molecule has 0 saturated heterocycles. The molecule has 0 fully saturated rings. The lowest BCUT2D eigenvalue weighted by Gasteiger charge is -2.11. The third kappa shape index (κ3) is 2.95. The number of nitro benzene ring substituents is 1. The molecule has 19 heavy (non-hydrogen) atoms. The second-order valence-electron chi connectivity index (χ2n) is 4.11. The zero-order chi connectivity index (χ0) is 14.0. The van der Waals surface area contributed by atoms with Gasteiger partial charge in [0.15, 0.2) is 0 Å². The number of non-ortho nitro benzene ring substituents is 1. The van der Waals surface area contributed by atoms with E-state index in [0.29, 0.717) is 16.4 Å². The highest BCUT2D eigenvalue weighted by atomic mass is 35.5. The molecule has 2 aromatic carbocycles. The van der Waals surface area contributed by atoms with E-state index < -0.39 is 4.92 Å². The summed E-state index contributed by atoms with van der Waals surface area (Å²) in [6.45, 7) is 1.91.